The molecule has 0 bridgehead atoms. The van der Waals surface area contributed by atoms with E-state index in [9.17, 15) is 20.3 Å². The van der Waals surface area contributed by atoms with E-state index in [0.29, 0.717) is 17.7 Å². The molecule has 170 valence electrons. The highest BCUT2D eigenvalue weighted by atomic mass is 32.1. The van der Waals surface area contributed by atoms with E-state index in [1.165, 1.54) is 24.9 Å². The van der Waals surface area contributed by atoms with Crippen LogP contribution in [0.5, 0.6) is 0 Å². The number of thiophene rings is 1. The second-order valence-corrected chi connectivity index (χ2v) is 10.3. The average Bonchev–Trinajstić information content (AvgIpc) is 3.32. The van der Waals surface area contributed by atoms with Crippen molar-refractivity contribution in [3.8, 4) is 6.07 Å². The molecular formula is C25H35NO4S. The van der Waals surface area contributed by atoms with Gasteiger partial charge in [-0.25, -0.2) is 4.79 Å². The van der Waals surface area contributed by atoms with Gasteiger partial charge in [0.1, 0.15) is 4.88 Å². The molecule has 2 saturated carbocycles. The molecule has 1 unspecified atom stereocenters. The molecule has 0 saturated heterocycles. The van der Waals surface area contributed by atoms with Crippen molar-refractivity contribution in [1.82, 2.24) is 0 Å². The predicted octanol–water partition coefficient (Wildman–Crippen LogP) is 4.88. The summed E-state index contributed by atoms with van der Waals surface area (Å²) < 4.78 is 4.77. The third kappa shape index (κ3) is 5.39. The molecule has 2 fully saturated rings. The molecule has 0 aliphatic heterocycles. The zero-order chi connectivity index (χ0) is 22.4. The number of ether oxygens (including phenoxy) is 1. The summed E-state index contributed by atoms with van der Waals surface area (Å²) in [6.07, 6.45) is 11.4. The molecule has 2 N–H and O–H groups in total. The number of methoxy groups -OCH3 is 1. The number of carbonyl (C=O) groups excluding carboxylic acids is 1. The van der Waals surface area contributed by atoms with Crippen molar-refractivity contribution >= 4 is 17.3 Å². The number of aryl methyl sites for hydroxylation is 1. The summed E-state index contributed by atoms with van der Waals surface area (Å²) in [5.41, 5.74) is 0.0803. The Morgan fingerprint density at radius 1 is 1.45 bits per heavy atom. The van der Waals surface area contributed by atoms with E-state index in [4.69, 9.17) is 4.74 Å². The summed E-state index contributed by atoms with van der Waals surface area (Å²) in [4.78, 5) is 13.4. The molecule has 5 nitrogen and oxygen atoms in total. The van der Waals surface area contributed by atoms with Crippen molar-refractivity contribution in [2.24, 2.45) is 23.2 Å². The van der Waals surface area contributed by atoms with Crippen molar-refractivity contribution in [2.45, 2.75) is 76.9 Å². The van der Waals surface area contributed by atoms with Gasteiger partial charge in [-0.3, -0.25) is 0 Å². The average molecular weight is 446 g/mol. The lowest BCUT2D eigenvalue weighted by molar-refractivity contribution is -0.0355. The van der Waals surface area contributed by atoms with Gasteiger partial charge in [0.15, 0.2) is 0 Å². The summed E-state index contributed by atoms with van der Waals surface area (Å²) in [6.45, 7) is 2.15. The maximum absolute atomic E-state index is 11.6. The van der Waals surface area contributed by atoms with Crippen molar-refractivity contribution in [3.63, 3.8) is 0 Å². The minimum atomic E-state index is -0.500. The highest BCUT2D eigenvalue weighted by Gasteiger charge is 2.42. The summed E-state index contributed by atoms with van der Waals surface area (Å²) in [5, 5.41) is 30.8. The number of rotatable bonds is 10. The standard InChI is InChI=1S/C25H35NO4S/c1-3-25(13-6-14-25)23(28)10-5-9-20-19(17(16-26)15-21(20)27)8-4-7-18-11-12-22(31-18)24(29)30-2/h5,9,11-12,17,19-21,23,27-28H,3-4,6-8,10,13-15H2,1-2H3/t17-,19-,20+,21+,23?/m0/s1. The van der Waals surface area contributed by atoms with Gasteiger partial charge in [0.05, 0.1) is 31.3 Å². The zero-order valence-corrected chi connectivity index (χ0v) is 19.4. The molecule has 3 rings (SSSR count). The number of nitrogens with zero attached hydrogens (tertiary/aromatic N) is 1. The molecule has 1 heterocycles. The van der Waals surface area contributed by atoms with Crippen molar-refractivity contribution in [3.05, 3.63) is 34.0 Å². The fourth-order valence-corrected chi connectivity index (χ4v) is 6.33. The zero-order valence-electron chi connectivity index (χ0n) is 18.6. The van der Waals surface area contributed by atoms with Gasteiger partial charge in [0.25, 0.3) is 0 Å². The van der Waals surface area contributed by atoms with Gasteiger partial charge in [0, 0.05) is 10.8 Å². The van der Waals surface area contributed by atoms with Gasteiger partial charge in [-0.15, -0.1) is 11.3 Å². The summed E-state index contributed by atoms with van der Waals surface area (Å²) in [6, 6.07) is 6.16. The molecule has 0 aromatic carbocycles. The van der Waals surface area contributed by atoms with Crippen LogP contribution in [-0.2, 0) is 11.2 Å². The molecule has 1 aromatic heterocycles. The van der Waals surface area contributed by atoms with Crippen LogP contribution in [0.15, 0.2) is 24.3 Å². The molecule has 0 spiro atoms. The van der Waals surface area contributed by atoms with Crippen LogP contribution in [0.2, 0.25) is 0 Å². The molecule has 6 heteroatoms. The summed E-state index contributed by atoms with van der Waals surface area (Å²) in [7, 11) is 1.39. The van der Waals surface area contributed by atoms with Crippen LogP contribution in [0.4, 0.5) is 0 Å². The predicted molar refractivity (Wildman–Crippen MR) is 122 cm³/mol. The number of nitriles is 1. The van der Waals surface area contributed by atoms with E-state index in [1.54, 1.807) is 6.07 Å². The van der Waals surface area contributed by atoms with E-state index in [2.05, 4.69) is 19.1 Å². The van der Waals surface area contributed by atoms with Gasteiger partial charge in [0.2, 0.25) is 0 Å². The number of esters is 1. The quantitative estimate of drug-likeness (QED) is 0.396. The number of aliphatic hydroxyl groups is 2. The van der Waals surface area contributed by atoms with Gasteiger partial charge in [-0.2, -0.15) is 5.26 Å². The SMILES string of the molecule is CCC1(C(O)CC=C[C@@H]2[C@@H](CCCc3ccc(C(=O)OC)s3)[C@H](C#N)C[C@H]2O)CCC1. The fraction of sp³-hybridized carbons (Fsp3) is 0.680. The first kappa shape index (κ1) is 24.0. The minimum Gasteiger partial charge on any atom is -0.465 e. The third-order valence-corrected chi connectivity index (χ3v) is 8.73. The van der Waals surface area contributed by atoms with Crippen LogP contribution >= 0.6 is 11.3 Å². The second kappa shape index (κ2) is 10.8. The first-order valence-corrected chi connectivity index (χ1v) is 12.3. The van der Waals surface area contributed by atoms with Gasteiger partial charge in [-0.1, -0.05) is 25.5 Å². The number of carbonyl (C=O) groups is 1. The Morgan fingerprint density at radius 3 is 2.84 bits per heavy atom. The van der Waals surface area contributed by atoms with Crippen LogP contribution in [0.1, 0.15) is 72.8 Å². The topological polar surface area (TPSA) is 90.5 Å². The number of aliphatic hydroxyl groups excluding tert-OH is 2. The maximum Gasteiger partial charge on any atom is 0.348 e. The Bertz CT molecular complexity index is 801. The first-order chi connectivity index (χ1) is 14.9. The lowest BCUT2D eigenvalue weighted by Crippen LogP contribution is -2.40. The van der Waals surface area contributed by atoms with Crippen molar-refractivity contribution in [2.75, 3.05) is 7.11 Å². The molecule has 0 amide bonds. The molecule has 1 aromatic rings. The van der Waals surface area contributed by atoms with E-state index in [1.807, 2.05) is 12.1 Å². The van der Waals surface area contributed by atoms with E-state index >= 15 is 0 Å². The van der Waals surface area contributed by atoms with E-state index in [-0.39, 0.29) is 35.2 Å². The van der Waals surface area contributed by atoms with Gasteiger partial charge >= 0.3 is 5.97 Å². The Morgan fingerprint density at radius 2 is 2.23 bits per heavy atom. The lowest BCUT2D eigenvalue weighted by Gasteiger charge is -2.45. The van der Waals surface area contributed by atoms with Crippen LogP contribution in [0.25, 0.3) is 0 Å². The van der Waals surface area contributed by atoms with E-state index < -0.39 is 6.10 Å². The van der Waals surface area contributed by atoms with Crippen LogP contribution in [0.3, 0.4) is 0 Å². The monoisotopic (exact) mass is 445 g/mol. The smallest absolute Gasteiger partial charge is 0.348 e. The molecule has 2 aliphatic rings. The Kier molecular flexibility index (Phi) is 8.32. The molecule has 31 heavy (non-hydrogen) atoms. The fourth-order valence-electron chi connectivity index (χ4n) is 5.36. The summed E-state index contributed by atoms with van der Waals surface area (Å²) >= 11 is 1.45. The molecular weight excluding hydrogens is 410 g/mol. The van der Waals surface area contributed by atoms with Crippen LogP contribution < -0.4 is 0 Å². The third-order valence-electron chi connectivity index (χ3n) is 7.60. The molecule has 0 radical (unpaired) electrons. The Labute approximate surface area is 189 Å². The van der Waals surface area contributed by atoms with Crippen molar-refractivity contribution in [1.29, 1.82) is 5.26 Å². The highest BCUT2D eigenvalue weighted by Crippen LogP contribution is 2.48. The molecule has 2 aliphatic carbocycles. The normalized spacial score (nSPS) is 28.2. The first-order valence-electron chi connectivity index (χ1n) is 11.5. The van der Waals surface area contributed by atoms with Crippen LogP contribution in [0, 0.1) is 34.5 Å². The van der Waals surface area contributed by atoms with Gasteiger partial charge in [-0.05, 0) is 74.8 Å². The maximum atomic E-state index is 11.6. The number of hydrogen-bond donors (Lipinski definition) is 2. The molecule has 5 atom stereocenters. The van der Waals surface area contributed by atoms with Crippen molar-refractivity contribution < 1.29 is 19.7 Å². The largest absolute Gasteiger partial charge is 0.465 e. The summed E-state index contributed by atoms with van der Waals surface area (Å²) in [5.74, 6) is -0.363. The number of hydrogen-bond acceptors (Lipinski definition) is 6. The lowest BCUT2D eigenvalue weighted by atomic mass is 9.63. The Hall–Kier alpha value is -1.68. The minimum absolute atomic E-state index is 0.0372. The second-order valence-electron chi connectivity index (χ2n) is 9.18. The van der Waals surface area contributed by atoms with E-state index in [0.717, 1.165) is 43.4 Å². The van der Waals surface area contributed by atoms with Gasteiger partial charge < -0.3 is 14.9 Å². The Balaban J connectivity index is 1.56. The van der Waals surface area contributed by atoms with Crippen LogP contribution in [-0.4, -0.2) is 35.5 Å². The highest BCUT2D eigenvalue weighted by molar-refractivity contribution is 7.13.